The first-order valence-corrected chi connectivity index (χ1v) is 24.4. The summed E-state index contributed by atoms with van der Waals surface area (Å²) < 4.78 is 49.3. The van der Waals surface area contributed by atoms with E-state index in [1.165, 1.54) is 0 Å². The van der Waals surface area contributed by atoms with Crippen molar-refractivity contribution in [1.29, 1.82) is 0 Å². The number of carbonyl (C=O) groups is 4. The van der Waals surface area contributed by atoms with Crippen LogP contribution in [-0.4, -0.2) is 86.9 Å². The lowest BCUT2D eigenvalue weighted by molar-refractivity contribution is -0.132. The summed E-state index contributed by atoms with van der Waals surface area (Å²) in [6, 6.07) is 15.7. The lowest BCUT2D eigenvalue weighted by Gasteiger charge is -2.29. The molecule has 4 aromatic rings. The maximum absolute atomic E-state index is 13.8. The fourth-order valence-corrected chi connectivity index (χ4v) is 8.74. The Balaban J connectivity index is 1.25. The van der Waals surface area contributed by atoms with Crippen LogP contribution in [0.3, 0.4) is 0 Å². The number of aromatic nitrogens is 1. The van der Waals surface area contributed by atoms with Crippen LogP contribution in [0, 0.1) is 19.8 Å². The molecule has 1 aliphatic carbocycles. The second-order valence-corrected chi connectivity index (χ2v) is 19.4. The van der Waals surface area contributed by atoms with Gasteiger partial charge in [-0.05, 0) is 130 Å². The van der Waals surface area contributed by atoms with E-state index in [9.17, 15) is 27.6 Å². The molecule has 4 aliphatic heterocycles. The van der Waals surface area contributed by atoms with Gasteiger partial charge >= 0.3 is 0 Å². The predicted molar refractivity (Wildman–Crippen MR) is 246 cm³/mol. The predicted octanol–water partition coefficient (Wildman–Crippen LogP) is 5.89. The van der Waals surface area contributed by atoms with E-state index in [0.29, 0.717) is 78.0 Å². The molecule has 5 heterocycles. The minimum absolute atomic E-state index is 0.0290. The van der Waals surface area contributed by atoms with Crippen LogP contribution in [0.25, 0.3) is 0 Å². The number of aryl methyl sites for hydroxylation is 2. The van der Waals surface area contributed by atoms with Gasteiger partial charge in [0, 0.05) is 60.7 Å². The highest BCUT2D eigenvalue weighted by Gasteiger charge is 2.30. The summed E-state index contributed by atoms with van der Waals surface area (Å²) in [5, 5.41) is 12.2. The first-order chi connectivity index (χ1) is 31.1. The van der Waals surface area contributed by atoms with Gasteiger partial charge in [0.2, 0.25) is 17.7 Å². The third-order valence-electron chi connectivity index (χ3n) is 11.4. The number of nitrogens with one attached hydrogen (secondary N) is 4. The molecule has 4 bridgehead atoms. The number of benzene rings is 3. The molecule has 348 valence electrons. The van der Waals surface area contributed by atoms with Crippen molar-refractivity contribution < 1.29 is 46.5 Å². The van der Waals surface area contributed by atoms with Crippen LogP contribution >= 0.6 is 11.6 Å². The Morgan fingerprint density at radius 2 is 1.49 bits per heavy atom. The fourth-order valence-electron chi connectivity index (χ4n) is 7.96. The zero-order valence-electron chi connectivity index (χ0n) is 37.2. The van der Waals surface area contributed by atoms with Crippen LogP contribution in [0.4, 0.5) is 0 Å². The first kappa shape index (κ1) is 48.6. The molecule has 4 amide bonds. The molecule has 17 heteroatoms. The Bertz CT molecular complexity index is 2390. The Labute approximate surface area is 385 Å². The number of ether oxygens (including phenoxy) is 4. The van der Waals surface area contributed by atoms with E-state index in [1.54, 1.807) is 36.7 Å². The van der Waals surface area contributed by atoms with Crippen LogP contribution in [-0.2, 0) is 48.5 Å². The standard InChI is InChI=1S/C48H58ClN5O10S/c1-5-61-42-27-39(64-38-22-30(2)45(49)31(3)23-38)26-35-28-62-37-12-8-32(9-13-37)16-20-51-47(57)41(24-34-14-18-50-19-15-34)54-48(58)40(17-21-65(4,59)60)53-43(55)25-33-6-10-36(11-7-33)52-44(56)29-63-46(35)42/h8-9,12-15,18-19,22-23,26-27,33,36,40-41H,5-7,10-11,16-17,20-21,24-25,28-29H2,1-4H3,(H,51,57)(H,52,56)(H,53,55)(H,54,58)/t33?,36?,40-,41+/m0/s1. The Kier molecular flexibility index (Phi) is 17.1. The van der Waals surface area contributed by atoms with Gasteiger partial charge in [0.1, 0.15) is 45.8 Å². The molecule has 4 N–H and O–H groups in total. The van der Waals surface area contributed by atoms with E-state index in [-0.39, 0.29) is 62.6 Å². The van der Waals surface area contributed by atoms with E-state index in [2.05, 4.69) is 26.3 Å². The van der Waals surface area contributed by atoms with Crippen LogP contribution in [0.15, 0.2) is 73.1 Å². The van der Waals surface area contributed by atoms with E-state index in [0.717, 1.165) is 28.5 Å². The molecule has 1 aromatic heterocycles. The van der Waals surface area contributed by atoms with Crippen molar-refractivity contribution in [1.82, 2.24) is 26.3 Å². The average Bonchev–Trinajstić information content (AvgIpc) is 3.26. The van der Waals surface area contributed by atoms with Crippen molar-refractivity contribution in [3.8, 4) is 28.7 Å². The van der Waals surface area contributed by atoms with Gasteiger partial charge in [-0.25, -0.2) is 8.42 Å². The van der Waals surface area contributed by atoms with Gasteiger partial charge in [-0.15, -0.1) is 0 Å². The van der Waals surface area contributed by atoms with E-state index >= 15 is 0 Å². The number of pyridine rings is 1. The van der Waals surface area contributed by atoms with Crippen LogP contribution < -0.4 is 40.2 Å². The first-order valence-electron chi connectivity index (χ1n) is 21.9. The summed E-state index contributed by atoms with van der Waals surface area (Å²) in [5.41, 5.74) is 3.96. The molecule has 15 nitrogen and oxygen atoms in total. The molecular weight excluding hydrogens is 874 g/mol. The van der Waals surface area contributed by atoms with E-state index in [1.807, 2.05) is 57.2 Å². The molecule has 9 rings (SSSR count). The molecule has 1 fully saturated rings. The highest BCUT2D eigenvalue weighted by atomic mass is 35.5. The van der Waals surface area contributed by atoms with Gasteiger partial charge in [-0.3, -0.25) is 24.2 Å². The summed E-state index contributed by atoms with van der Waals surface area (Å²) in [6.07, 6.45) is 7.27. The average molecular weight is 933 g/mol. The van der Waals surface area contributed by atoms with Crippen molar-refractivity contribution in [2.75, 3.05) is 31.8 Å². The van der Waals surface area contributed by atoms with Crippen molar-refractivity contribution in [3.63, 3.8) is 0 Å². The molecule has 65 heavy (non-hydrogen) atoms. The number of rotatable bonds is 9. The second kappa shape index (κ2) is 22.8. The Morgan fingerprint density at radius 3 is 2.17 bits per heavy atom. The normalized spacial score (nSPS) is 20.4. The number of hydrogen-bond donors (Lipinski definition) is 4. The van der Waals surface area contributed by atoms with Gasteiger partial charge in [0.25, 0.3) is 5.91 Å². The molecule has 3 aromatic carbocycles. The number of carbonyl (C=O) groups excluding carboxylic acids is 4. The SMILES string of the molecule is CCOc1cc(Oc2cc(C)c(Cl)c(C)c2)cc2c1OCC(=O)NC1CCC(CC1)CC(=O)N[C@@H](CCS(C)(=O)=O)C(=O)N[C@H](Cc1ccncc1)C(=O)NCCc1ccc(cc1)OC2. The van der Waals surface area contributed by atoms with E-state index < -0.39 is 39.6 Å². The molecule has 0 unspecified atom stereocenters. The monoisotopic (exact) mass is 931 g/mol. The topological polar surface area (TPSA) is 200 Å². The van der Waals surface area contributed by atoms with Crippen LogP contribution in [0.2, 0.25) is 5.02 Å². The zero-order valence-corrected chi connectivity index (χ0v) is 38.8. The summed E-state index contributed by atoms with van der Waals surface area (Å²) in [7, 11) is -3.49. The van der Waals surface area contributed by atoms with Gasteiger partial charge < -0.3 is 40.2 Å². The smallest absolute Gasteiger partial charge is 0.258 e. The van der Waals surface area contributed by atoms with Crippen LogP contribution in [0.1, 0.15) is 73.3 Å². The van der Waals surface area contributed by atoms with Gasteiger partial charge in [0.15, 0.2) is 18.1 Å². The number of sulfone groups is 1. The quantitative estimate of drug-likeness (QED) is 0.156. The van der Waals surface area contributed by atoms with Crippen LogP contribution in [0.5, 0.6) is 28.7 Å². The van der Waals surface area contributed by atoms with Gasteiger partial charge in [-0.1, -0.05) is 23.7 Å². The highest BCUT2D eigenvalue weighted by molar-refractivity contribution is 7.90. The molecule has 1 saturated carbocycles. The molecular formula is C48H58ClN5O10S. The maximum Gasteiger partial charge on any atom is 0.258 e. The molecule has 0 radical (unpaired) electrons. The highest BCUT2D eigenvalue weighted by Crippen LogP contribution is 2.39. The summed E-state index contributed by atoms with van der Waals surface area (Å²) in [4.78, 5) is 58.5. The summed E-state index contributed by atoms with van der Waals surface area (Å²) in [5.74, 6) is 0.111. The molecule has 2 atom stereocenters. The minimum atomic E-state index is -3.49. The molecule has 5 aliphatic rings. The molecule has 0 spiro atoms. The van der Waals surface area contributed by atoms with Crippen molar-refractivity contribution in [2.45, 2.75) is 96.9 Å². The lowest BCUT2D eigenvalue weighted by Crippen LogP contribution is -2.55. The van der Waals surface area contributed by atoms with Gasteiger partial charge in [0.05, 0.1) is 12.4 Å². The number of hydrogen-bond acceptors (Lipinski definition) is 11. The van der Waals surface area contributed by atoms with E-state index in [4.69, 9.17) is 30.5 Å². The Morgan fingerprint density at radius 1 is 0.800 bits per heavy atom. The third kappa shape index (κ3) is 14.8. The summed E-state index contributed by atoms with van der Waals surface area (Å²) >= 11 is 6.43. The summed E-state index contributed by atoms with van der Waals surface area (Å²) in [6.45, 7) is 5.97. The number of nitrogens with zero attached hydrogens (tertiary/aromatic N) is 1. The van der Waals surface area contributed by atoms with Gasteiger partial charge in [-0.2, -0.15) is 0 Å². The second-order valence-electron chi connectivity index (χ2n) is 16.7. The minimum Gasteiger partial charge on any atom is -0.490 e. The lowest BCUT2D eigenvalue weighted by atomic mass is 9.84. The van der Waals surface area contributed by atoms with Crippen molar-refractivity contribution in [2.24, 2.45) is 5.92 Å². The van der Waals surface area contributed by atoms with Crippen molar-refractivity contribution in [3.05, 3.63) is 106 Å². The molecule has 0 saturated heterocycles. The Hall–Kier alpha value is -5.87. The number of amides is 4. The number of halogens is 1. The zero-order chi connectivity index (χ0) is 46.5. The fraction of sp³-hybridized carbons (Fsp3) is 0.438. The largest absolute Gasteiger partial charge is 0.490 e. The van der Waals surface area contributed by atoms with Crippen molar-refractivity contribution >= 4 is 45.1 Å². The third-order valence-corrected chi connectivity index (χ3v) is 12.9. The maximum atomic E-state index is 13.8.